The number of nitrogens with one attached hydrogen (secondary N) is 2. The predicted octanol–water partition coefficient (Wildman–Crippen LogP) is 3.78. The molecule has 0 aliphatic carbocycles. The molecule has 1 amide bonds. The smallest absolute Gasteiger partial charge is 0.257 e. The predicted molar refractivity (Wildman–Crippen MR) is 118 cm³/mol. The normalized spacial score (nSPS) is 11.6. The Hall–Kier alpha value is -2.62. The van der Waals surface area contributed by atoms with E-state index in [1.165, 1.54) is 23.5 Å². The summed E-state index contributed by atoms with van der Waals surface area (Å²) < 4.78 is 28.0. The van der Waals surface area contributed by atoms with Crippen LogP contribution in [0.15, 0.2) is 53.4 Å². The van der Waals surface area contributed by atoms with Crippen molar-refractivity contribution in [1.29, 1.82) is 0 Å². The third-order valence-electron chi connectivity index (χ3n) is 4.34. The van der Waals surface area contributed by atoms with E-state index >= 15 is 0 Å². The number of nitrogens with zero attached hydrogens (tertiary/aromatic N) is 2. The fourth-order valence-electron chi connectivity index (χ4n) is 2.77. The van der Waals surface area contributed by atoms with Gasteiger partial charge in [-0.3, -0.25) is 10.1 Å². The second-order valence-electron chi connectivity index (χ2n) is 7.34. The first-order valence-electron chi connectivity index (χ1n) is 9.52. The summed E-state index contributed by atoms with van der Waals surface area (Å²) >= 11 is 1.32. The van der Waals surface area contributed by atoms with Gasteiger partial charge < -0.3 is 0 Å². The van der Waals surface area contributed by atoms with Crippen molar-refractivity contribution in [3.05, 3.63) is 70.2 Å². The summed E-state index contributed by atoms with van der Waals surface area (Å²) in [6.07, 6.45) is 0.785. The van der Waals surface area contributed by atoms with Crippen LogP contribution < -0.4 is 10.0 Å². The average molecular weight is 445 g/mol. The Kier molecular flexibility index (Phi) is 6.96. The lowest BCUT2D eigenvalue weighted by atomic mass is 10.1. The number of amides is 1. The van der Waals surface area contributed by atoms with E-state index in [0.29, 0.717) is 16.6 Å². The molecule has 3 aromatic rings. The first-order chi connectivity index (χ1) is 14.2. The molecule has 0 radical (unpaired) electrons. The maximum atomic E-state index is 12.7. The van der Waals surface area contributed by atoms with Gasteiger partial charge in [0.15, 0.2) is 0 Å². The van der Waals surface area contributed by atoms with Crippen molar-refractivity contribution >= 4 is 32.4 Å². The van der Waals surface area contributed by atoms with Crippen molar-refractivity contribution < 1.29 is 13.2 Å². The first-order valence-corrected chi connectivity index (χ1v) is 11.8. The Labute approximate surface area is 180 Å². The molecule has 30 heavy (non-hydrogen) atoms. The highest BCUT2D eigenvalue weighted by Crippen LogP contribution is 2.21. The summed E-state index contributed by atoms with van der Waals surface area (Å²) in [6.45, 7) is 6.09. The molecular weight excluding hydrogens is 420 g/mol. The molecule has 0 atom stereocenters. The number of aryl methyl sites for hydroxylation is 1. The number of anilines is 1. The van der Waals surface area contributed by atoms with E-state index in [1.807, 2.05) is 30.3 Å². The molecule has 0 spiro atoms. The molecule has 1 aromatic heterocycles. The maximum Gasteiger partial charge on any atom is 0.257 e. The van der Waals surface area contributed by atoms with Gasteiger partial charge in [-0.2, -0.15) is 0 Å². The largest absolute Gasteiger partial charge is 0.296 e. The molecule has 0 fully saturated rings. The van der Waals surface area contributed by atoms with Crippen LogP contribution in [0, 0.1) is 12.8 Å². The molecule has 2 N–H and O–H groups in total. The van der Waals surface area contributed by atoms with Crippen LogP contribution in [0.4, 0.5) is 5.13 Å². The number of hydrogen-bond acceptors (Lipinski definition) is 6. The van der Waals surface area contributed by atoms with Gasteiger partial charge in [-0.25, -0.2) is 13.1 Å². The van der Waals surface area contributed by atoms with Crippen molar-refractivity contribution in [2.75, 3.05) is 5.32 Å². The first kappa shape index (κ1) is 22.1. The van der Waals surface area contributed by atoms with Crippen LogP contribution in [0.2, 0.25) is 0 Å². The number of rotatable bonds is 8. The number of sulfonamides is 1. The molecular formula is C21H24N4O3S2. The molecule has 9 heteroatoms. The maximum absolute atomic E-state index is 12.7. The van der Waals surface area contributed by atoms with Gasteiger partial charge in [0.05, 0.1) is 4.90 Å². The number of hydrogen-bond donors (Lipinski definition) is 2. The fourth-order valence-corrected chi connectivity index (χ4v) is 4.76. The Bertz CT molecular complexity index is 1130. The summed E-state index contributed by atoms with van der Waals surface area (Å²) in [5, 5.41) is 12.0. The Morgan fingerprint density at radius 1 is 1.10 bits per heavy atom. The lowest BCUT2D eigenvalue weighted by molar-refractivity contribution is 0.102. The van der Waals surface area contributed by atoms with E-state index in [9.17, 15) is 13.2 Å². The van der Waals surface area contributed by atoms with Crippen LogP contribution in [-0.4, -0.2) is 24.5 Å². The quantitative estimate of drug-likeness (QED) is 0.551. The number of aromatic nitrogens is 2. The van der Waals surface area contributed by atoms with E-state index in [-0.39, 0.29) is 17.0 Å². The molecule has 0 aliphatic rings. The minimum absolute atomic E-state index is 0.0342. The van der Waals surface area contributed by atoms with Crippen LogP contribution in [-0.2, 0) is 23.0 Å². The van der Waals surface area contributed by atoms with Gasteiger partial charge in [-0.05, 0) is 36.1 Å². The van der Waals surface area contributed by atoms with Crippen molar-refractivity contribution in [3.63, 3.8) is 0 Å². The standard InChI is InChI=1S/C21H24N4O3S2/c1-14(2)11-19-24-25-21(29-19)23-20(26)18-12-17(10-9-15(18)3)30(27,28)22-13-16-7-5-4-6-8-16/h4-10,12,14,22H,11,13H2,1-3H3,(H,23,25,26). The molecule has 3 rings (SSSR count). The summed E-state index contributed by atoms with van der Waals surface area (Å²) in [5.41, 5.74) is 1.79. The third kappa shape index (κ3) is 5.71. The molecule has 1 heterocycles. The van der Waals surface area contributed by atoms with Gasteiger partial charge in [0, 0.05) is 18.5 Å². The lowest BCUT2D eigenvalue weighted by Gasteiger charge is -2.10. The van der Waals surface area contributed by atoms with Crippen LogP contribution in [0.1, 0.15) is 40.3 Å². The van der Waals surface area contributed by atoms with Crippen LogP contribution in [0.5, 0.6) is 0 Å². The molecule has 0 unspecified atom stereocenters. The van der Waals surface area contributed by atoms with Crippen molar-refractivity contribution in [1.82, 2.24) is 14.9 Å². The minimum atomic E-state index is -3.77. The summed E-state index contributed by atoms with van der Waals surface area (Å²) in [5.74, 6) is 0.0221. The monoisotopic (exact) mass is 444 g/mol. The van der Waals surface area contributed by atoms with Gasteiger partial charge in [0.2, 0.25) is 15.2 Å². The molecule has 7 nitrogen and oxygen atoms in total. The average Bonchev–Trinajstić information content (AvgIpc) is 3.13. The summed E-state index contributed by atoms with van der Waals surface area (Å²) in [6, 6.07) is 13.7. The zero-order valence-electron chi connectivity index (χ0n) is 17.0. The van der Waals surface area contributed by atoms with Crippen LogP contribution in [0.25, 0.3) is 0 Å². The van der Waals surface area contributed by atoms with E-state index in [2.05, 4.69) is 34.1 Å². The Morgan fingerprint density at radius 3 is 2.53 bits per heavy atom. The zero-order chi connectivity index (χ0) is 21.7. The van der Waals surface area contributed by atoms with Crippen molar-refractivity contribution in [2.45, 2.75) is 38.6 Å². The van der Waals surface area contributed by atoms with Gasteiger partial charge in [-0.15, -0.1) is 10.2 Å². The number of benzene rings is 2. The highest BCUT2D eigenvalue weighted by molar-refractivity contribution is 7.89. The summed E-state index contributed by atoms with van der Waals surface area (Å²) in [4.78, 5) is 12.8. The molecule has 0 bridgehead atoms. The van der Waals surface area contributed by atoms with Crippen LogP contribution in [0.3, 0.4) is 0 Å². The second kappa shape index (κ2) is 9.46. The van der Waals surface area contributed by atoms with Gasteiger partial charge in [0.25, 0.3) is 5.91 Å². The van der Waals surface area contributed by atoms with E-state index < -0.39 is 15.9 Å². The Morgan fingerprint density at radius 2 is 1.83 bits per heavy atom. The molecule has 0 saturated heterocycles. The van der Waals surface area contributed by atoms with Gasteiger partial charge >= 0.3 is 0 Å². The minimum Gasteiger partial charge on any atom is -0.296 e. The molecule has 2 aromatic carbocycles. The van der Waals surface area contributed by atoms with Crippen molar-refractivity contribution in [3.8, 4) is 0 Å². The summed E-state index contributed by atoms with van der Waals surface area (Å²) in [7, 11) is -3.77. The highest BCUT2D eigenvalue weighted by atomic mass is 32.2. The molecule has 158 valence electrons. The third-order valence-corrected chi connectivity index (χ3v) is 6.60. The van der Waals surface area contributed by atoms with E-state index in [0.717, 1.165) is 17.0 Å². The number of carbonyl (C=O) groups is 1. The SMILES string of the molecule is Cc1ccc(S(=O)(=O)NCc2ccccc2)cc1C(=O)Nc1nnc(CC(C)C)s1. The van der Waals surface area contributed by atoms with E-state index in [4.69, 9.17) is 0 Å². The van der Waals surface area contributed by atoms with Crippen molar-refractivity contribution in [2.24, 2.45) is 5.92 Å². The molecule has 0 saturated carbocycles. The Balaban J connectivity index is 1.75. The fraction of sp³-hybridized carbons (Fsp3) is 0.286. The van der Waals surface area contributed by atoms with E-state index in [1.54, 1.807) is 13.0 Å². The van der Waals surface area contributed by atoms with Gasteiger partial charge in [0.1, 0.15) is 5.01 Å². The highest BCUT2D eigenvalue weighted by Gasteiger charge is 2.19. The zero-order valence-corrected chi connectivity index (χ0v) is 18.7. The second-order valence-corrected chi connectivity index (χ2v) is 10.2. The topological polar surface area (TPSA) is 101 Å². The van der Waals surface area contributed by atoms with Gasteiger partial charge in [-0.1, -0.05) is 61.6 Å². The van der Waals surface area contributed by atoms with Crippen LogP contribution >= 0.6 is 11.3 Å². The molecule has 0 aliphatic heterocycles. The number of carbonyl (C=O) groups excluding carboxylic acids is 1. The lowest BCUT2D eigenvalue weighted by Crippen LogP contribution is -2.24.